The third-order valence-corrected chi connectivity index (χ3v) is 6.01. The van der Waals surface area contributed by atoms with E-state index in [1.165, 1.54) is 12.5 Å². The summed E-state index contributed by atoms with van der Waals surface area (Å²) in [5, 5.41) is 2.88. The molecule has 8 heteroatoms. The molecule has 0 aromatic heterocycles. The first-order valence-corrected chi connectivity index (χ1v) is 9.42. The average molecular weight is 382 g/mol. The Morgan fingerprint density at radius 1 is 1.22 bits per heavy atom. The molecule has 4 rings (SSSR count). The van der Waals surface area contributed by atoms with Crippen LogP contribution >= 0.6 is 0 Å². The number of halogens is 2. The number of rotatable bonds is 5. The third-order valence-electron chi connectivity index (χ3n) is 6.01. The Labute approximate surface area is 156 Å². The van der Waals surface area contributed by atoms with E-state index in [1.54, 1.807) is 6.07 Å². The van der Waals surface area contributed by atoms with Crippen molar-refractivity contribution >= 4 is 5.91 Å². The molecule has 2 bridgehead atoms. The van der Waals surface area contributed by atoms with Gasteiger partial charge in [-0.05, 0) is 43.6 Å². The van der Waals surface area contributed by atoms with Crippen LogP contribution in [-0.4, -0.2) is 25.4 Å². The fourth-order valence-electron chi connectivity index (χ4n) is 4.64. The number of fused-ring (bicyclic) bond motifs is 3. The molecule has 27 heavy (non-hydrogen) atoms. The summed E-state index contributed by atoms with van der Waals surface area (Å²) in [6, 6.07) is 3.15. The quantitative estimate of drug-likeness (QED) is 0.818. The minimum Gasteiger partial charge on any atom is -0.454 e. The lowest BCUT2D eigenvalue weighted by molar-refractivity contribution is -0.128. The van der Waals surface area contributed by atoms with Gasteiger partial charge in [0, 0.05) is 30.1 Å². The molecule has 2 fully saturated rings. The SMILES string of the molecule is NC1C2CCCC1CC(C(=O)NCc1cc3c(cc1OC(F)F)OCO3)C2. The molecule has 1 heterocycles. The number of nitrogens with two attached hydrogens (primary N) is 1. The number of alkyl halides is 2. The zero-order valence-electron chi connectivity index (χ0n) is 15.0. The highest BCUT2D eigenvalue weighted by Crippen LogP contribution is 2.42. The molecule has 1 amide bonds. The van der Waals surface area contributed by atoms with Gasteiger partial charge in [-0.2, -0.15) is 8.78 Å². The van der Waals surface area contributed by atoms with E-state index in [0.717, 1.165) is 25.7 Å². The van der Waals surface area contributed by atoms with Crippen molar-refractivity contribution in [2.45, 2.75) is 51.3 Å². The second-order valence-electron chi connectivity index (χ2n) is 7.61. The van der Waals surface area contributed by atoms with Crippen LogP contribution in [0, 0.1) is 17.8 Å². The summed E-state index contributed by atoms with van der Waals surface area (Å²) in [7, 11) is 0. The second kappa shape index (κ2) is 7.50. The lowest BCUT2D eigenvalue weighted by Crippen LogP contribution is -2.49. The summed E-state index contributed by atoms with van der Waals surface area (Å²) in [5.74, 6) is 1.46. The molecule has 3 aliphatic rings. The largest absolute Gasteiger partial charge is 0.454 e. The maximum absolute atomic E-state index is 12.7. The lowest BCUT2D eigenvalue weighted by atomic mass is 9.65. The smallest absolute Gasteiger partial charge is 0.387 e. The average Bonchev–Trinajstić information content (AvgIpc) is 3.06. The number of nitrogens with one attached hydrogen (secondary N) is 1. The number of hydrogen-bond acceptors (Lipinski definition) is 5. The summed E-state index contributed by atoms with van der Waals surface area (Å²) >= 11 is 0. The van der Waals surface area contributed by atoms with Crippen LogP contribution < -0.4 is 25.3 Å². The van der Waals surface area contributed by atoms with Gasteiger partial charge in [-0.25, -0.2) is 0 Å². The molecule has 6 nitrogen and oxygen atoms in total. The maximum Gasteiger partial charge on any atom is 0.387 e. The van der Waals surface area contributed by atoms with Gasteiger partial charge in [0.15, 0.2) is 11.5 Å². The van der Waals surface area contributed by atoms with Crippen LogP contribution in [0.15, 0.2) is 12.1 Å². The van der Waals surface area contributed by atoms with E-state index in [4.69, 9.17) is 15.2 Å². The summed E-state index contributed by atoms with van der Waals surface area (Å²) < 4.78 is 40.5. The van der Waals surface area contributed by atoms with E-state index in [9.17, 15) is 13.6 Å². The van der Waals surface area contributed by atoms with Gasteiger partial charge in [-0.3, -0.25) is 4.79 Å². The van der Waals surface area contributed by atoms with Gasteiger partial charge in [0.05, 0.1) is 0 Å². The molecule has 0 radical (unpaired) electrons. The van der Waals surface area contributed by atoms with Crippen LogP contribution in [0.4, 0.5) is 8.78 Å². The van der Waals surface area contributed by atoms with E-state index in [-0.39, 0.29) is 37.0 Å². The zero-order valence-corrected chi connectivity index (χ0v) is 15.0. The Bertz CT molecular complexity index is 701. The Kier molecular flexibility index (Phi) is 5.08. The van der Waals surface area contributed by atoms with Crippen molar-refractivity contribution < 1.29 is 27.8 Å². The van der Waals surface area contributed by atoms with Crippen molar-refractivity contribution in [3.8, 4) is 17.2 Å². The number of benzene rings is 1. The fraction of sp³-hybridized carbons (Fsp3) is 0.632. The summed E-state index contributed by atoms with van der Waals surface area (Å²) in [6.07, 6.45) is 4.94. The van der Waals surface area contributed by atoms with Gasteiger partial charge in [-0.15, -0.1) is 0 Å². The number of amides is 1. The molecular formula is C19H24F2N2O4. The normalized spacial score (nSPS) is 28.9. The standard InChI is InChI=1S/C19H24F2N2O4/c20-19(21)27-14-7-16-15(25-9-26-16)6-13(14)8-23-18(24)12-4-10-2-1-3-11(5-12)17(10)22/h6-7,10-12,17,19H,1-5,8-9,22H2,(H,23,24). The second-order valence-corrected chi connectivity index (χ2v) is 7.61. The molecule has 1 aliphatic heterocycles. The highest BCUT2D eigenvalue weighted by atomic mass is 19.3. The van der Waals surface area contributed by atoms with Gasteiger partial charge < -0.3 is 25.3 Å². The van der Waals surface area contributed by atoms with E-state index in [2.05, 4.69) is 10.1 Å². The van der Waals surface area contributed by atoms with Gasteiger partial charge in [0.2, 0.25) is 12.7 Å². The van der Waals surface area contributed by atoms with Gasteiger partial charge in [0.1, 0.15) is 5.75 Å². The van der Waals surface area contributed by atoms with Crippen LogP contribution in [-0.2, 0) is 11.3 Å². The van der Waals surface area contributed by atoms with Gasteiger partial charge in [-0.1, -0.05) is 6.42 Å². The molecule has 0 spiro atoms. The molecule has 0 saturated heterocycles. The molecule has 2 saturated carbocycles. The van der Waals surface area contributed by atoms with Crippen molar-refractivity contribution in [3.05, 3.63) is 17.7 Å². The van der Waals surface area contributed by atoms with Crippen LogP contribution in [0.2, 0.25) is 0 Å². The fourth-order valence-corrected chi connectivity index (χ4v) is 4.64. The number of carbonyl (C=O) groups is 1. The van der Waals surface area contributed by atoms with E-state index >= 15 is 0 Å². The summed E-state index contributed by atoms with van der Waals surface area (Å²) in [5.41, 5.74) is 6.72. The number of ether oxygens (including phenoxy) is 3. The highest BCUT2D eigenvalue weighted by molar-refractivity contribution is 5.79. The first-order chi connectivity index (χ1) is 13.0. The van der Waals surface area contributed by atoms with Crippen LogP contribution in [0.5, 0.6) is 17.2 Å². The van der Waals surface area contributed by atoms with Crippen molar-refractivity contribution in [2.75, 3.05) is 6.79 Å². The summed E-state index contributed by atoms with van der Waals surface area (Å²) in [6.45, 7) is -2.83. The van der Waals surface area contributed by atoms with Crippen molar-refractivity contribution in [1.82, 2.24) is 5.32 Å². The molecule has 2 atom stereocenters. The van der Waals surface area contributed by atoms with Crippen molar-refractivity contribution in [3.63, 3.8) is 0 Å². The van der Waals surface area contributed by atoms with E-state index < -0.39 is 6.61 Å². The first-order valence-electron chi connectivity index (χ1n) is 9.42. The van der Waals surface area contributed by atoms with E-state index in [0.29, 0.717) is 28.9 Å². The van der Waals surface area contributed by atoms with Crippen molar-refractivity contribution in [1.29, 1.82) is 0 Å². The molecule has 1 aromatic carbocycles. The highest BCUT2D eigenvalue weighted by Gasteiger charge is 2.40. The number of carbonyl (C=O) groups excluding carboxylic acids is 1. The van der Waals surface area contributed by atoms with Gasteiger partial charge in [0.25, 0.3) is 0 Å². The third kappa shape index (κ3) is 3.81. The maximum atomic E-state index is 12.7. The summed E-state index contributed by atoms with van der Waals surface area (Å²) in [4.78, 5) is 12.7. The minimum absolute atomic E-state index is 0.0166. The zero-order chi connectivity index (χ0) is 19.0. The topological polar surface area (TPSA) is 82.8 Å². The van der Waals surface area contributed by atoms with Crippen LogP contribution in [0.3, 0.4) is 0 Å². The van der Waals surface area contributed by atoms with E-state index in [1.807, 2.05) is 0 Å². The molecule has 3 N–H and O–H groups in total. The molecule has 148 valence electrons. The van der Waals surface area contributed by atoms with Crippen LogP contribution in [0.1, 0.15) is 37.7 Å². The monoisotopic (exact) mass is 382 g/mol. The Morgan fingerprint density at radius 2 is 1.89 bits per heavy atom. The Morgan fingerprint density at radius 3 is 2.56 bits per heavy atom. The lowest BCUT2D eigenvalue weighted by Gasteiger charge is -2.43. The Balaban J connectivity index is 1.43. The predicted octanol–water partition coefficient (Wildman–Crippen LogP) is 2.79. The molecule has 2 unspecified atom stereocenters. The van der Waals surface area contributed by atoms with Crippen LogP contribution in [0.25, 0.3) is 0 Å². The number of hydrogen-bond donors (Lipinski definition) is 2. The van der Waals surface area contributed by atoms with Crippen molar-refractivity contribution in [2.24, 2.45) is 23.5 Å². The minimum atomic E-state index is -2.96. The van der Waals surface area contributed by atoms with Gasteiger partial charge >= 0.3 is 6.61 Å². The molecule has 1 aromatic rings. The Hall–Kier alpha value is -2.09. The molecule has 2 aliphatic carbocycles. The first kappa shape index (κ1) is 18.3. The predicted molar refractivity (Wildman–Crippen MR) is 92.6 cm³/mol. The molecular weight excluding hydrogens is 358 g/mol.